The van der Waals surface area contributed by atoms with Gasteiger partial charge in [-0.1, -0.05) is 54.6 Å². The minimum Gasteiger partial charge on any atom is -0.311 e. The Labute approximate surface area is 192 Å². The van der Waals surface area contributed by atoms with E-state index in [1.807, 2.05) is 68.4 Å². The molecule has 6 heteroatoms. The Morgan fingerprint density at radius 1 is 0.879 bits per heavy atom. The Morgan fingerprint density at radius 3 is 2.33 bits per heavy atom. The number of hydrogen-bond acceptors (Lipinski definition) is 3. The highest BCUT2D eigenvalue weighted by Gasteiger charge is 2.19. The molecule has 0 aliphatic rings. The summed E-state index contributed by atoms with van der Waals surface area (Å²) in [4.78, 5) is 41.5. The molecule has 0 bridgehead atoms. The second kappa shape index (κ2) is 9.69. The van der Waals surface area contributed by atoms with Gasteiger partial charge in [0, 0.05) is 18.8 Å². The normalized spacial score (nSPS) is 11.0. The SMILES string of the molecule is CCN(C(=O)Cn1c(=O)n(CCc2ccccc2)c(=O)c2ccccc21)c1cccc(C)c1. The van der Waals surface area contributed by atoms with Gasteiger partial charge >= 0.3 is 5.69 Å². The van der Waals surface area contributed by atoms with E-state index < -0.39 is 5.69 Å². The smallest absolute Gasteiger partial charge is 0.311 e. The highest BCUT2D eigenvalue weighted by molar-refractivity contribution is 5.94. The number of likely N-dealkylation sites (N-methyl/N-ethyl adjacent to an activating group) is 1. The fourth-order valence-electron chi connectivity index (χ4n) is 4.13. The molecule has 1 amide bonds. The first-order valence-corrected chi connectivity index (χ1v) is 11.1. The van der Waals surface area contributed by atoms with Crippen molar-refractivity contribution in [2.24, 2.45) is 0 Å². The van der Waals surface area contributed by atoms with Crippen LogP contribution in [0.1, 0.15) is 18.1 Å². The van der Waals surface area contributed by atoms with Crippen molar-refractivity contribution in [1.29, 1.82) is 0 Å². The standard InChI is InChI=1S/C27H27N3O3/c1-3-28(22-13-9-10-20(2)18-22)25(31)19-30-24-15-8-7-14-23(24)26(32)29(27(30)33)17-16-21-11-5-4-6-12-21/h4-15,18H,3,16-17,19H2,1-2H3. The third-order valence-corrected chi connectivity index (χ3v) is 5.82. The molecule has 0 saturated heterocycles. The number of amides is 1. The zero-order chi connectivity index (χ0) is 23.4. The lowest BCUT2D eigenvalue weighted by molar-refractivity contribution is -0.119. The van der Waals surface area contributed by atoms with Crippen molar-refractivity contribution in [2.75, 3.05) is 11.4 Å². The van der Waals surface area contributed by atoms with E-state index in [0.717, 1.165) is 16.8 Å². The molecule has 0 aliphatic carbocycles. The van der Waals surface area contributed by atoms with Gasteiger partial charge in [0.25, 0.3) is 5.56 Å². The number of benzene rings is 3. The van der Waals surface area contributed by atoms with Crippen LogP contribution < -0.4 is 16.1 Å². The van der Waals surface area contributed by atoms with Crippen LogP contribution in [0.4, 0.5) is 5.69 Å². The molecule has 0 N–H and O–H groups in total. The zero-order valence-corrected chi connectivity index (χ0v) is 18.9. The minimum atomic E-state index is -0.469. The summed E-state index contributed by atoms with van der Waals surface area (Å²) in [5, 5.41) is 0.427. The summed E-state index contributed by atoms with van der Waals surface area (Å²) >= 11 is 0. The summed E-state index contributed by atoms with van der Waals surface area (Å²) in [5.41, 5.74) is 2.55. The summed E-state index contributed by atoms with van der Waals surface area (Å²) < 4.78 is 2.66. The molecule has 1 aromatic heterocycles. The molecular weight excluding hydrogens is 414 g/mol. The topological polar surface area (TPSA) is 64.3 Å². The molecule has 0 radical (unpaired) electrons. The number of anilines is 1. The van der Waals surface area contributed by atoms with E-state index in [-0.39, 0.29) is 24.6 Å². The van der Waals surface area contributed by atoms with Gasteiger partial charge in [0.15, 0.2) is 0 Å². The third kappa shape index (κ3) is 4.65. The van der Waals surface area contributed by atoms with Gasteiger partial charge in [0.2, 0.25) is 5.91 Å². The molecule has 4 rings (SSSR count). The maximum atomic E-state index is 13.4. The number of aromatic nitrogens is 2. The van der Waals surface area contributed by atoms with Crippen LogP contribution in [-0.4, -0.2) is 21.6 Å². The van der Waals surface area contributed by atoms with Crippen LogP contribution in [0.3, 0.4) is 0 Å². The highest BCUT2D eigenvalue weighted by Crippen LogP contribution is 2.17. The molecule has 6 nitrogen and oxygen atoms in total. The van der Waals surface area contributed by atoms with Crippen molar-refractivity contribution in [3.05, 3.63) is 111 Å². The van der Waals surface area contributed by atoms with Crippen molar-refractivity contribution in [3.63, 3.8) is 0 Å². The number of fused-ring (bicyclic) bond motifs is 1. The predicted molar refractivity (Wildman–Crippen MR) is 132 cm³/mol. The van der Waals surface area contributed by atoms with Crippen molar-refractivity contribution in [1.82, 2.24) is 9.13 Å². The summed E-state index contributed by atoms with van der Waals surface area (Å²) in [7, 11) is 0. The van der Waals surface area contributed by atoms with Gasteiger partial charge < -0.3 is 4.90 Å². The number of rotatable bonds is 7. The Bertz CT molecular complexity index is 1400. The number of carbonyl (C=O) groups excluding carboxylic acids is 1. The molecule has 3 aromatic carbocycles. The molecular formula is C27H27N3O3. The maximum absolute atomic E-state index is 13.4. The highest BCUT2D eigenvalue weighted by atomic mass is 16.2. The van der Waals surface area contributed by atoms with E-state index in [9.17, 15) is 14.4 Å². The van der Waals surface area contributed by atoms with Gasteiger partial charge in [0.1, 0.15) is 6.54 Å². The van der Waals surface area contributed by atoms with Crippen LogP contribution in [0, 0.1) is 6.92 Å². The third-order valence-electron chi connectivity index (χ3n) is 5.82. The number of carbonyl (C=O) groups is 1. The van der Waals surface area contributed by atoms with Gasteiger partial charge in [-0.25, -0.2) is 4.79 Å². The fraction of sp³-hybridized carbons (Fsp3) is 0.222. The molecule has 1 heterocycles. The molecule has 33 heavy (non-hydrogen) atoms. The monoisotopic (exact) mass is 441 g/mol. The largest absolute Gasteiger partial charge is 0.331 e. The van der Waals surface area contributed by atoms with Crippen molar-refractivity contribution < 1.29 is 4.79 Å². The van der Waals surface area contributed by atoms with Crippen LogP contribution in [-0.2, 0) is 24.3 Å². The van der Waals surface area contributed by atoms with Gasteiger partial charge in [-0.05, 0) is 55.7 Å². The van der Waals surface area contributed by atoms with Gasteiger partial charge in [0.05, 0.1) is 10.9 Å². The fourth-order valence-corrected chi connectivity index (χ4v) is 4.13. The lowest BCUT2D eigenvalue weighted by Gasteiger charge is -2.23. The van der Waals surface area contributed by atoms with E-state index >= 15 is 0 Å². The van der Waals surface area contributed by atoms with Crippen LogP contribution in [0.15, 0.2) is 88.5 Å². The van der Waals surface area contributed by atoms with Crippen LogP contribution >= 0.6 is 0 Å². The Kier molecular flexibility index (Phi) is 6.54. The average Bonchev–Trinajstić information content (AvgIpc) is 2.83. The molecule has 4 aromatic rings. The van der Waals surface area contributed by atoms with E-state index in [4.69, 9.17) is 0 Å². The van der Waals surface area contributed by atoms with E-state index in [0.29, 0.717) is 23.9 Å². The second-order valence-corrected chi connectivity index (χ2v) is 8.06. The summed E-state index contributed by atoms with van der Waals surface area (Å²) in [6.07, 6.45) is 0.548. The van der Waals surface area contributed by atoms with Gasteiger partial charge in [-0.2, -0.15) is 0 Å². The lowest BCUT2D eigenvalue weighted by atomic mass is 10.1. The van der Waals surface area contributed by atoms with Crippen molar-refractivity contribution >= 4 is 22.5 Å². The molecule has 0 unspecified atom stereocenters. The van der Waals surface area contributed by atoms with E-state index in [1.165, 1.54) is 9.13 Å². The minimum absolute atomic E-state index is 0.146. The summed E-state index contributed by atoms with van der Waals surface area (Å²) in [5.74, 6) is -0.205. The first-order valence-electron chi connectivity index (χ1n) is 11.1. The summed E-state index contributed by atoms with van der Waals surface area (Å²) in [6, 6.07) is 24.4. The first kappa shape index (κ1) is 22.3. The van der Waals surface area contributed by atoms with Crippen LogP contribution in [0.2, 0.25) is 0 Å². The maximum Gasteiger partial charge on any atom is 0.331 e. The van der Waals surface area contributed by atoms with Crippen molar-refractivity contribution in [3.8, 4) is 0 Å². The average molecular weight is 442 g/mol. The molecule has 0 fully saturated rings. The molecule has 0 spiro atoms. The summed E-state index contributed by atoms with van der Waals surface area (Å²) in [6.45, 7) is 4.45. The van der Waals surface area contributed by atoms with E-state index in [2.05, 4.69) is 0 Å². The predicted octanol–water partition coefficient (Wildman–Crippen LogP) is 3.77. The quantitative estimate of drug-likeness (QED) is 0.439. The molecule has 0 saturated carbocycles. The first-order chi connectivity index (χ1) is 16.0. The lowest BCUT2D eigenvalue weighted by Crippen LogP contribution is -2.44. The van der Waals surface area contributed by atoms with Gasteiger partial charge in [-0.3, -0.25) is 18.7 Å². The molecule has 0 aliphatic heterocycles. The number of aryl methyl sites for hydroxylation is 2. The van der Waals surface area contributed by atoms with Gasteiger partial charge in [-0.15, -0.1) is 0 Å². The second-order valence-electron chi connectivity index (χ2n) is 8.06. The van der Waals surface area contributed by atoms with Crippen LogP contribution in [0.25, 0.3) is 10.9 Å². The Hall–Kier alpha value is -3.93. The Morgan fingerprint density at radius 2 is 1.61 bits per heavy atom. The number of nitrogens with zero attached hydrogens (tertiary/aromatic N) is 3. The van der Waals surface area contributed by atoms with Crippen LogP contribution in [0.5, 0.6) is 0 Å². The van der Waals surface area contributed by atoms with E-state index in [1.54, 1.807) is 29.2 Å². The molecule has 0 atom stereocenters. The number of hydrogen-bond donors (Lipinski definition) is 0. The van der Waals surface area contributed by atoms with Crippen molar-refractivity contribution in [2.45, 2.75) is 33.4 Å². The molecule has 168 valence electrons. The zero-order valence-electron chi connectivity index (χ0n) is 18.9. The Balaban J connectivity index is 1.74. The number of para-hydroxylation sites is 1.